The number of rotatable bonds is 3. The van der Waals surface area contributed by atoms with Gasteiger partial charge >= 0.3 is 5.97 Å². The number of nitrogens with zero attached hydrogens (tertiary/aromatic N) is 1. The Morgan fingerprint density at radius 1 is 1.07 bits per heavy atom. The lowest BCUT2D eigenvalue weighted by molar-refractivity contribution is -0.113. The molecule has 4 nitrogen and oxygen atoms in total. The molecule has 1 aliphatic heterocycles. The minimum atomic E-state index is -1.01. The number of carboxylic acids is 1. The summed E-state index contributed by atoms with van der Waals surface area (Å²) in [7, 11) is 0. The van der Waals surface area contributed by atoms with Crippen LogP contribution in [-0.2, 0) is 10.2 Å². The van der Waals surface area contributed by atoms with Crippen LogP contribution in [0.4, 0.5) is 5.69 Å². The van der Waals surface area contributed by atoms with Crippen LogP contribution in [0.25, 0.3) is 6.08 Å². The molecular weight excluding hydrogens is 378 g/mol. The highest BCUT2D eigenvalue weighted by atomic mass is 32.2. The minimum Gasteiger partial charge on any atom is -0.478 e. The van der Waals surface area contributed by atoms with E-state index >= 15 is 0 Å². The number of carbonyl (C=O) groups is 2. The second-order valence-electron chi connectivity index (χ2n) is 7.24. The lowest BCUT2D eigenvalue weighted by atomic mass is 9.87. The maximum Gasteiger partial charge on any atom is 0.335 e. The van der Waals surface area contributed by atoms with Crippen LogP contribution in [0.1, 0.15) is 42.3 Å². The van der Waals surface area contributed by atoms with E-state index in [-0.39, 0.29) is 16.9 Å². The molecule has 27 heavy (non-hydrogen) atoms. The third-order valence-corrected chi connectivity index (χ3v) is 5.54. The van der Waals surface area contributed by atoms with Crippen LogP contribution in [0.5, 0.6) is 0 Å². The number of carboxylic acid groups (broad SMARTS) is 1. The molecule has 1 heterocycles. The van der Waals surface area contributed by atoms with Crippen molar-refractivity contribution in [1.29, 1.82) is 0 Å². The summed E-state index contributed by atoms with van der Waals surface area (Å²) in [5.74, 6) is -1.21. The van der Waals surface area contributed by atoms with Crippen molar-refractivity contribution in [3.8, 4) is 0 Å². The van der Waals surface area contributed by atoms with Crippen molar-refractivity contribution < 1.29 is 14.7 Å². The van der Waals surface area contributed by atoms with Gasteiger partial charge in [-0.25, -0.2) is 4.79 Å². The summed E-state index contributed by atoms with van der Waals surface area (Å²) in [5.41, 5.74) is 2.97. The molecule has 0 bridgehead atoms. The first kappa shape index (κ1) is 19.3. The highest BCUT2D eigenvalue weighted by molar-refractivity contribution is 8.27. The molecule has 0 unspecified atom stereocenters. The summed E-state index contributed by atoms with van der Waals surface area (Å²) in [4.78, 5) is 25.8. The molecule has 0 spiro atoms. The highest BCUT2D eigenvalue weighted by Gasteiger charge is 2.33. The third kappa shape index (κ3) is 4.12. The predicted octanol–water partition coefficient (Wildman–Crippen LogP) is 5.09. The Morgan fingerprint density at radius 2 is 1.67 bits per heavy atom. The quantitative estimate of drug-likeness (QED) is 0.578. The lowest BCUT2D eigenvalue weighted by Crippen LogP contribution is -2.27. The van der Waals surface area contributed by atoms with Gasteiger partial charge in [0, 0.05) is 0 Å². The fraction of sp³-hybridized carbons (Fsp3) is 0.190. The molecule has 2 aromatic rings. The SMILES string of the molecule is CC(C)(C)c1ccc(/C=C2\SC(=S)N(c3ccc(C(=O)O)cc3)C2=O)cc1. The van der Waals surface area contributed by atoms with Crippen LogP contribution in [0.3, 0.4) is 0 Å². The van der Waals surface area contributed by atoms with E-state index in [1.54, 1.807) is 12.1 Å². The van der Waals surface area contributed by atoms with Gasteiger partial charge in [0.25, 0.3) is 5.91 Å². The Kier molecular flexibility index (Phi) is 5.22. The van der Waals surface area contributed by atoms with Crippen molar-refractivity contribution in [3.63, 3.8) is 0 Å². The zero-order valence-corrected chi connectivity index (χ0v) is 16.9. The number of amides is 1. The van der Waals surface area contributed by atoms with Crippen LogP contribution in [0, 0.1) is 0 Å². The number of thiocarbonyl (C=S) groups is 1. The Labute approximate surface area is 167 Å². The third-order valence-electron chi connectivity index (χ3n) is 4.24. The second kappa shape index (κ2) is 7.29. The van der Waals surface area contributed by atoms with Gasteiger partial charge in [-0.3, -0.25) is 9.69 Å². The molecule has 1 aliphatic rings. The summed E-state index contributed by atoms with van der Waals surface area (Å²) >= 11 is 6.60. The van der Waals surface area contributed by atoms with E-state index in [9.17, 15) is 9.59 Å². The zero-order valence-electron chi connectivity index (χ0n) is 15.2. The molecule has 6 heteroatoms. The first-order valence-corrected chi connectivity index (χ1v) is 9.61. The van der Waals surface area contributed by atoms with Crippen molar-refractivity contribution in [2.75, 3.05) is 4.90 Å². The summed E-state index contributed by atoms with van der Waals surface area (Å²) < 4.78 is 0.431. The predicted molar refractivity (Wildman–Crippen MR) is 114 cm³/mol. The summed E-state index contributed by atoms with van der Waals surface area (Å²) in [6, 6.07) is 14.2. The molecule has 1 saturated heterocycles. The second-order valence-corrected chi connectivity index (χ2v) is 8.92. The van der Waals surface area contributed by atoms with E-state index in [2.05, 4.69) is 32.9 Å². The van der Waals surface area contributed by atoms with Crippen molar-refractivity contribution in [2.45, 2.75) is 26.2 Å². The van der Waals surface area contributed by atoms with E-state index in [0.717, 1.165) is 5.56 Å². The van der Waals surface area contributed by atoms with Gasteiger partial charge in [-0.1, -0.05) is 69.0 Å². The summed E-state index contributed by atoms with van der Waals surface area (Å²) in [6.07, 6.45) is 1.83. The topological polar surface area (TPSA) is 57.6 Å². The number of hydrogen-bond acceptors (Lipinski definition) is 4. The molecule has 1 fully saturated rings. The number of anilines is 1. The maximum atomic E-state index is 12.8. The standard InChI is InChI=1S/C21H19NO3S2/c1-21(2,3)15-8-4-13(5-9-15)12-17-18(23)22(20(26)27-17)16-10-6-14(7-11-16)19(24)25/h4-12H,1-3H3,(H,24,25)/b17-12-. The van der Waals surface area contributed by atoms with Crippen LogP contribution in [0.15, 0.2) is 53.4 Å². The molecule has 3 rings (SSSR count). The fourth-order valence-electron chi connectivity index (χ4n) is 2.67. The van der Waals surface area contributed by atoms with Crippen molar-refractivity contribution in [1.82, 2.24) is 0 Å². The number of carbonyl (C=O) groups excluding carboxylic acids is 1. The zero-order chi connectivity index (χ0) is 19.8. The van der Waals surface area contributed by atoms with E-state index in [1.165, 1.54) is 34.4 Å². The molecule has 0 radical (unpaired) electrons. The number of hydrogen-bond donors (Lipinski definition) is 1. The van der Waals surface area contributed by atoms with Gasteiger partial charge in [0.15, 0.2) is 4.32 Å². The fourth-order valence-corrected chi connectivity index (χ4v) is 3.97. The minimum absolute atomic E-state index is 0.0735. The molecule has 138 valence electrons. The van der Waals surface area contributed by atoms with Gasteiger partial charge in [0.2, 0.25) is 0 Å². The maximum absolute atomic E-state index is 12.8. The van der Waals surface area contributed by atoms with Gasteiger partial charge in [-0.15, -0.1) is 0 Å². The van der Waals surface area contributed by atoms with Crippen molar-refractivity contribution in [2.24, 2.45) is 0 Å². The molecule has 2 aromatic carbocycles. The lowest BCUT2D eigenvalue weighted by Gasteiger charge is -2.18. The van der Waals surface area contributed by atoms with Crippen molar-refractivity contribution in [3.05, 3.63) is 70.1 Å². The average Bonchev–Trinajstić information content (AvgIpc) is 2.88. The van der Waals surface area contributed by atoms with Crippen LogP contribution in [-0.4, -0.2) is 21.3 Å². The first-order valence-electron chi connectivity index (χ1n) is 8.39. The average molecular weight is 398 g/mol. The number of aromatic carboxylic acids is 1. The van der Waals surface area contributed by atoms with Gasteiger partial charge in [-0.05, 0) is 46.9 Å². The van der Waals surface area contributed by atoms with Crippen molar-refractivity contribution >= 4 is 51.9 Å². The Bertz CT molecular complexity index is 939. The van der Waals surface area contributed by atoms with Gasteiger partial charge in [0.05, 0.1) is 16.2 Å². The first-order chi connectivity index (χ1) is 12.7. The number of thioether (sulfide) groups is 1. The smallest absolute Gasteiger partial charge is 0.335 e. The largest absolute Gasteiger partial charge is 0.478 e. The molecule has 1 amide bonds. The Hall–Kier alpha value is -2.44. The Morgan fingerprint density at radius 3 is 2.19 bits per heavy atom. The number of benzene rings is 2. The van der Waals surface area contributed by atoms with E-state index < -0.39 is 5.97 Å². The summed E-state index contributed by atoms with van der Waals surface area (Å²) in [6.45, 7) is 6.47. The van der Waals surface area contributed by atoms with E-state index in [0.29, 0.717) is 14.9 Å². The molecule has 0 aromatic heterocycles. The van der Waals surface area contributed by atoms with Gasteiger partial charge < -0.3 is 5.11 Å². The Balaban J connectivity index is 1.85. The summed E-state index contributed by atoms with van der Waals surface area (Å²) in [5, 5.41) is 9.00. The van der Waals surface area contributed by atoms with Crippen LogP contribution < -0.4 is 4.90 Å². The highest BCUT2D eigenvalue weighted by Crippen LogP contribution is 2.36. The monoisotopic (exact) mass is 397 g/mol. The molecule has 1 N–H and O–H groups in total. The molecule has 0 atom stereocenters. The van der Waals surface area contributed by atoms with E-state index in [1.807, 2.05) is 18.2 Å². The normalized spacial score (nSPS) is 16.3. The molecule has 0 saturated carbocycles. The van der Waals surface area contributed by atoms with Crippen LogP contribution in [0.2, 0.25) is 0 Å². The molecular formula is C21H19NO3S2. The van der Waals surface area contributed by atoms with E-state index in [4.69, 9.17) is 17.3 Å². The molecule has 0 aliphatic carbocycles. The van der Waals surface area contributed by atoms with Gasteiger partial charge in [0.1, 0.15) is 0 Å². The van der Waals surface area contributed by atoms with Crippen LogP contribution >= 0.6 is 24.0 Å². The van der Waals surface area contributed by atoms with Gasteiger partial charge in [-0.2, -0.15) is 0 Å².